The van der Waals surface area contributed by atoms with Gasteiger partial charge in [0.15, 0.2) is 0 Å². The van der Waals surface area contributed by atoms with E-state index < -0.39 is 0 Å². The third-order valence-electron chi connectivity index (χ3n) is 3.47. The lowest BCUT2D eigenvalue weighted by molar-refractivity contribution is 0.103. The van der Waals surface area contributed by atoms with Crippen LogP contribution in [0.15, 0.2) is 23.7 Å². The Balaban J connectivity index is 2.16. The van der Waals surface area contributed by atoms with Crippen LogP contribution in [0.2, 0.25) is 0 Å². The van der Waals surface area contributed by atoms with Gasteiger partial charge in [-0.05, 0) is 24.8 Å². The van der Waals surface area contributed by atoms with E-state index in [1.807, 2.05) is 29.7 Å². The Bertz CT molecular complexity index is 806. The van der Waals surface area contributed by atoms with Gasteiger partial charge in [0.1, 0.15) is 5.69 Å². The third kappa shape index (κ3) is 2.21. The van der Waals surface area contributed by atoms with Crippen LogP contribution in [-0.2, 0) is 6.42 Å². The maximum absolute atomic E-state index is 12.4. The average Bonchev–Trinajstić information content (AvgIpc) is 3.15. The Morgan fingerprint density at radius 1 is 1.43 bits per heavy atom. The van der Waals surface area contributed by atoms with Crippen molar-refractivity contribution in [1.82, 2.24) is 14.4 Å². The number of ketones is 1. The number of thiophene rings is 1. The molecule has 0 unspecified atom stereocenters. The Hall–Kier alpha value is -2.21. The van der Waals surface area contributed by atoms with Gasteiger partial charge in [-0.2, -0.15) is 4.98 Å². The number of aryl methyl sites for hydroxylation is 1. The summed E-state index contributed by atoms with van der Waals surface area (Å²) in [5.41, 5.74) is 2.43. The summed E-state index contributed by atoms with van der Waals surface area (Å²) in [6.45, 7) is 4.03. The second-order valence-corrected chi connectivity index (χ2v) is 5.59. The fourth-order valence-corrected chi connectivity index (χ4v) is 3.05. The normalized spacial score (nSPS) is 11.0. The molecule has 3 heterocycles. The van der Waals surface area contributed by atoms with Crippen molar-refractivity contribution in [3.05, 3.63) is 45.5 Å². The summed E-state index contributed by atoms with van der Waals surface area (Å²) in [6, 6.07) is 3.66. The smallest absolute Gasteiger partial charge is 0.237 e. The second-order valence-electron chi connectivity index (χ2n) is 4.64. The molecule has 21 heavy (non-hydrogen) atoms. The number of methoxy groups -OCH3 is 1. The molecule has 0 N–H and O–H groups in total. The van der Waals surface area contributed by atoms with E-state index in [9.17, 15) is 4.79 Å². The van der Waals surface area contributed by atoms with E-state index in [0.717, 1.165) is 17.7 Å². The van der Waals surface area contributed by atoms with E-state index >= 15 is 0 Å². The van der Waals surface area contributed by atoms with E-state index in [-0.39, 0.29) is 5.78 Å². The van der Waals surface area contributed by atoms with Gasteiger partial charge in [0.25, 0.3) is 0 Å². The van der Waals surface area contributed by atoms with Gasteiger partial charge in [-0.3, -0.25) is 9.20 Å². The number of rotatable bonds is 4. The van der Waals surface area contributed by atoms with Crippen LogP contribution in [0, 0.1) is 6.92 Å². The number of carbonyl (C=O) groups is 1. The van der Waals surface area contributed by atoms with Crippen LogP contribution in [0.4, 0.5) is 0 Å². The molecule has 0 amide bonds. The maximum Gasteiger partial charge on any atom is 0.237 e. The van der Waals surface area contributed by atoms with Crippen LogP contribution in [0.5, 0.6) is 5.88 Å². The molecule has 0 bridgehead atoms. The highest BCUT2D eigenvalue weighted by atomic mass is 32.1. The van der Waals surface area contributed by atoms with Gasteiger partial charge in [-0.1, -0.05) is 13.0 Å². The van der Waals surface area contributed by atoms with Crippen molar-refractivity contribution in [1.29, 1.82) is 0 Å². The molecule has 0 aromatic carbocycles. The summed E-state index contributed by atoms with van der Waals surface area (Å²) in [5.74, 6) is 0.983. The number of imidazole rings is 1. The Kier molecular flexibility index (Phi) is 3.47. The molecule has 5 nitrogen and oxygen atoms in total. The Labute approximate surface area is 126 Å². The van der Waals surface area contributed by atoms with E-state index in [1.54, 1.807) is 19.4 Å². The lowest BCUT2D eigenvalue weighted by atomic mass is 10.2. The molecule has 0 spiro atoms. The van der Waals surface area contributed by atoms with Crippen molar-refractivity contribution in [2.75, 3.05) is 7.11 Å². The number of nitrogens with zero attached hydrogens (tertiary/aromatic N) is 3. The molecule has 0 saturated carbocycles. The summed E-state index contributed by atoms with van der Waals surface area (Å²) in [5, 5.41) is 1.88. The first-order valence-electron chi connectivity index (χ1n) is 6.66. The highest BCUT2D eigenvalue weighted by Gasteiger charge is 2.18. The highest BCUT2D eigenvalue weighted by Crippen LogP contribution is 2.23. The number of carbonyl (C=O) groups excluding carboxylic acids is 1. The lowest BCUT2D eigenvalue weighted by Gasteiger charge is -2.10. The molecule has 3 rings (SSSR count). The number of ether oxygens (including phenoxy) is 1. The van der Waals surface area contributed by atoms with Crippen molar-refractivity contribution in [2.45, 2.75) is 20.3 Å². The monoisotopic (exact) mass is 301 g/mol. The minimum absolute atomic E-state index is 0.0769. The van der Waals surface area contributed by atoms with Gasteiger partial charge in [0, 0.05) is 17.5 Å². The molecular formula is C15H15N3O2S. The largest absolute Gasteiger partial charge is 0.481 e. The van der Waals surface area contributed by atoms with Gasteiger partial charge in [-0.25, -0.2) is 4.98 Å². The van der Waals surface area contributed by atoms with Crippen molar-refractivity contribution in [2.24, 2.45) is 0 Å². The second kappa shape index (κ2) is 5.29. The van der Waals surface area contributed by atoms with Crippen LogP contribution in [0.1, 0.15) is 33.5 Å². The van der Waals surface area contributed by atoms with Gasteiger partial charge >= 0.3 is 0 Å². The first kappa shape index (κ1) is 13.8. The van der Waals surface area contributed by atoms with Crippen LogP contribution >= 0.6 is 11.3 Å². The molecule has 0 atom stereocenters. The minimum Gasteiger partial charge on any atom is -0.481 e. The molecule has 0 aliphatic rings. The predicted molar refractivity (Wildman–Crippen MR) is 81.4 cm³/mol. The van der Waals surface area contributed by atoms with Crippen LogP contribution in [-0.4, -0.2) is 27.3 Å². The SMILES string of the molecule is CCc1c(OC)nc2nc(C(=O)c3cccs3)cn2c1C. The topological polar surface area (TPSA) is 56.5 Å². The first-order chi connectivity index (χ1) is 10.2. The first-order valence-corrected chi connectivity index (χ1v) is 7.54. The third-order valence-corrected chi connectivity index (χ3v) is 4.34. The zero-order valence-electron chi connectivity index (χ0n) is 12.1. The van der Waals surface area contributed by atoms with E-state index in [4.69, 9.17) is 4.74 Å². The van der Waals surface area contributed by atoms with Crippen molar-refractivity contribution in [3.8, 4) is 5.88 Å². The fraction of sp³-hybridized carbons (Fsp3) is 0.267. The number of aromatic nitrogens is 3. The molecule has 6 heteroatoms. The maximum atomic E-state index is 12.4. The Morgan fingerprint density at radius 2 is 2.24 bits per heavy atom. The van der Waals surface area contributed by atoms with Crippen LogP contribution < -0.4 is 4.74 Å². The summed E-state index contributed by atoms with van der Waals surface area (Å²) in [6.07, 6.45) is 2.56. The van der Waals surface area contributed by atoms with Gasteiger partial charge < -0.3 is 4.74 Å². The number of hydrogen-bond donors (Lipinski definition) is 0. The van der Waals surface area contributed by atoms with Gasteiger partial charge in [0.05, 0.1) is 12.0 Å². The molecule has 3 aromatic rings. The lowest BCUT2D eigenvalue weighted by Crippen LogP contribution is -2.03. The summed E-state index contributed by atoms with van der Waals surface area (Å²) in [4.78, 5) is 21.8. The number of fused-ring (bicyclic) bond motifs is 1. The minimum atomic E-state index is -0.0769. The standard InChI is InChI=1S/C15H15N3O2S/c1-4-10-9(2)18-8-11(13(19)12-6-5-7-21-12)16-15(18)17-14(10)20-3/h5-8H,4H2,1-3H3. The van der Waals surface area contributed by atoms with E-state index in [1.165, 1.54) is 11.3 Å². The van der Waals surface area contributed by atoms with Crippen molar-refractivity contribution < 1.29 is 9.53 Å². The average molecular weight is 301 g/mol. The summed E-state index contributed by atoms with van der Waals surface area (Å²) >= 11 is 1.41. The van der Waals surface area contributed by atoms with Crippen molar-refractivity contribution >= 4 is 22.9 Å². The molecule has 108 valence electrons. The zero-order chi connectivity index (χ0) is 15.0. The predicted octanol–water partition coefficient (Wildman–Crippen LogP) is 2.90. The van der Waals surface area contributed by atoms with Crippen molar-refractivity contribution in [3.63, 3.8) is 0 Å². The molecule has 3 aromatic heterocycles. The van der Waals surface area contributed by atoms with Crippen LogP contribution in [0.25, 0.3) is 5.78 Å². The van der Waals surface area contributed by atoms with Crippen LogP contribution in [0.3, 0.4) is 0 Å². The summed E-state index contributed by atoms with van der Waals surface area (Å²) in [7, 11) is 1.60. The molecule has 0 radical (unpaired) electrons. The molecule has 0 fully saturated rings. The fourth-order valence-electron chi connectivity index (χ4n) is 2.37. The summed E-state index contributed by atoms with van der Waals surface area (Å²) < 4.78 is 7.17. The van der Waals surface area contributed by atoms with E-state index in [2.05, 4.69) is 9.97 Å². The van der Waals surface area contributed by atoms with Gasteiger partial charge in [0.2, 0.25) is 17.4 Å². The zero-order valence-corrected chi connectivity index (χ0v) is 12.9. The van der Waals surface area contributed by atoms with Gasteiger partial charge in [-0.15, -0.1) is 11.3 Å². The molecular weight excluding hydrogens is 286 g/mol. The van der Waals surface area contributed by atoms with E-state index in [0.29, 0.717) is 22.2 Å². The molecule has 0 aliphatic carbocycles. The highest BCUT2D eigenvalue weighted by molar-refractivity contribution is 7.12. The Morgan fingerprint density at radius 3 is 2.86 bits per heavy atom. The number of hydrogen-bond acceptors (Lipinski definition) is 5. The quantitative estimate of drug-likeness (QED) is 0.695. The molecule has 0 aliphatic heterocycles. The molecule has 0 saturated heterocycles.